The largest absolute Gasteiger partial charge is 0.493 e. The number of anilines is 2. The van der Waals surface area contributed by atoms with Crippen molar-refractivity contribution < 1.29 is 38.0 Å². The van der Waals surface area contributed by atoms with Gasteiger partial charge in [-0.05, 0) is 84.3 Å². The fraction of sp³-hybridized carbons (Fsp3) is 0.268. The summed E-state index contributed by atoms with van der Waals surface area (Å²) in [5, 5.41) is 0. The van der Waals surface area contributed by atoms with Crippen LogP contribution in [0.4, 0.5) is 11.4 Å². The van der Waals surface area contributed by atoms with Crippen molar-refractivity contribution >= 4 is 35.1 Å². The van der Waals surface area contributed by atoms with Gasteiger partial charge in [0.1, 0.15) is 0 Å². The van der Waals surface area contributed by atoms with Crippen LogP contribution in [0.1, 0.15) is 38.8 Å². The number of carbonyl (C=O) groups is 2. The van der Waals surface area contributed by atoms with E-state index >= 15 is 0 Å². The molecule has 4 aromatic carbocycles. The van der Waals surface area contributed by atoms with Crippen molar-refractivity contribution in [1.82, 2.24) is 0 Å². The van der Waals surface area contributed by atoms with E-state index in [9.17, 15) is 9.59 Å². The summed E-state index contributed by atoms with van der Waals surface area (Å²) in [5.41, 5.74) is 5.57. The molecule has 0 saturated heterocycles. The maximum Gasteiger partial charge on any atom is 0.204 e. The van der Waals surface area contributed by atoms with E-state index in [0.717, 1.165) is 22.5 Å². The van der Waals surface area contributed by atoms with Gasteiger partial charge in [0.05, 0.1) is 53.8 Å². The second kappa shape index (κ2) is 18.7. The van der Waals surface area contributed by atoms with Gasteiger partial charge in [-0.1, -0.05) is 30.3 Å². The monoisotopic (exact) mass is 696 g/mol. The first-order valence-electron chi connectivity index (χ1n) is 16.0. The molecule has 10 nitrogen and oxygen atoms in total. The molecule has 0 aromatic heterocycles. The Bertz CT molecular complexity index is 1840. The molecule has 10 heteroatoms. The van der Waals surface area contributed by atoms with E-state index in [0.29, 0.717) is 51.2 Å². The van der Waals surface area contributed by atoms with Crippen LogP contribution in [-0.4, -0.2) is 82.4 Å². The first-order chi connectivity index (χ1) is 24.4. The van der Waals surface area contributed by atoms with Gasteiger partial charge in [0.15, 0.2) is 34.6 Å². The second-order valence-electron chi connectivity index (χ2n) is 11.6. The van der Waals surface area contributed by atoms with Crippen molar-refractivity contribution in [2.75, 3.05) is 80.6 Å². The summed E-state index contributed by atoms with van der Waals surface area (Å²) in [5.74, 6) is 2.27. The van der Waals surface area contributed by atoms with Crippen LogP contribution in [-0.2, 0) is 0 Å². The molecule has 0 saturated carbocycles. The first-order valence-corrected chi connectivity index (χ1v) is 16.0. The third-order valence-electron chi connectivity index (χ3n) is 7.91. The molecule has 0 aliphatic rings. The average molecular weight is 697 g/mol. The molecule has 0 fully saturated rings. The predicted molar refractivity (Wildman–Crippen MR) is 205 cm³/mol. The number of hydrogen-bond acceptors (Lipinski definition) is 10. The maximum atomic E-state index is 12.9. The van der Waals surface area contributed by atoms with Gasteiger partial charge in [0.25, 0.3) is 0 Å². The zero-order chi connectivity index (χ0) is 37.7. The van der Waals surface area contributed by atoms with E-state index in [1.807, 2.05) is 92.6 Å². The molecule has 0 atom stereocenters. The Morgan fingerprint density at radius 2 is 0.922 bits per heavy atom. The Labute approximate surface area is 301 Å². The highest BCUT2D eigenvalue weighted by molar-refractivity contribution is 6.13. The van der Waals surface area contributed by atoms with Crippen LogP contribution in [0.5, 0.6) is 34.5 Å². The molecule has 0 radical (unpaired) electrons. The van der Waals surface area contributed by atoms with Crippen LogP contribution in [0.2, 0.25) is 0 Å². The Morgan fingerprint density at radius 1 is 0.510 bits per heavy atom. The Balaban J connectivity index is 0.000000276. The lowest BCUT2D eigenvalue weighted by Gasteiger charge is -2.15. The molecule has 0 aliphatic heterocycles. The molecule has 0 amide bonds. The van der Waals surface area contributed by atoms with Gasteiger partial charge in [-0.25, -0.2) is 0 Å². The van der Waals surface area contributed by atoms with Crippen molar-refractivity contribution in [3.8, 4) is 34.5 Å². The standard InChI is InChI=1S/C21H25NO4.C20H23NO4/c1-14(13-15-7-9-16(10-8-15)22(2)3)19(23)17-11-12-18(24-4)21(26-6)20(17)25-5;1-21(2)15-9-6-14(7-10-15)8-12-17(22)16-11-13-18(23-3)20(25-5)19(16)24-4/h7-13H,1-6H3;6-13H,1-5H3. The lowest BCUT2D eigenvalue weighted by Crippen LogP contribution is -2.08. The van der Waals surface area contributed by atoms with Crippen LogP contribution in [0, 0.1) is 0 Å². The van der Waals surface area contributed by atoms with E-state index in [1.54, 1.807) is 44.4 Å². The van der Waals surface area contributed by atoms with Crippen LogP contribution < -0.4 is 38.2 Å². The third kappa shape index (κ3) is 9.85. The highest BCUT2D eigenvalue weighted by Gasteiger charge is 2.22. The van der Waals surface area contributed by atoms with E-state index in [4.69, 9.17) is 28.4 Å². The summed E-state index contributed by atoms with van der Waals surface area (Å²) >= 11 is 0. The summed E-state index contributed by atoms with van der Waals surface area (Å²) in [7, 11) is 17.1. The summed E-state index contributed by atoms with van der Waals surface area (Å²) in [6, 6.07) is 22.7. The molecule has 0 N–H and O–H groups in total. The van der Waals surface area contributed by atoms with Gasteiger partial charge in [-0.15, -0.1) is 0 Å². The number of nitrogens with zero attached hydrogens (tertiary/aromatic N) is 2. The zero-order valence-corrected chi connectivity index (χ0v) is 31.3. The number of hydrogen-bond donors (Lipinski definition) is 0. The molecule has 51 heavy (non-hydrogen) atoms. The van der Waals surface area contributed by atoms with Gasteiger partial charge >= 0.3 is 0 Å². The highest BCUT2D eigenvalue weighted by atomic mass is 16.5. The van der Waals surface area contributed by atoms with Crippen LogP contribution in [0.3, 0.4) is 0 Å². The van der Waals surface area contributed by atoms with Crippen molar-refractivity contribution in [3.05, 3.63) is 107 Å². The van der Waals surface area contributed by atoms with E-state index in [-0.39, 0.29) is 11.6 Å². The number of benzene rings is 4. The van der Waals surface area contributed by atoms with Crippen LogP contribution >= 0.6 is 0 Å². The third-order valence-corrected chi connectivity index (χ3v) is 7.91. The molecular weight excluding hydrogens is 648 g/mol. The Morgan fingerprint density at radius 3 is 1.33 bits per heavy atom. The summed E-state index contributed by atoms with van der Waals surface area (Å²) in [4.78, 5) is 29.5. The molecule has 0 heterocycles. The Hall–Kier alpha value is -5.90. The van der Waals surface area contributed by atoms with Gasteiger partial charge in [-0.2, -0.15) is 0 Å². The van der Waals surface area contributed by atoms with Crippen LogP contribution in [0.25, 0.3) is 12.2 Å². The van der Waals surface area contributed by atoms with Crippen molar-refractivity contribution in [2.24, 2.45) is 0 Å². The molecule has 4 rings (SSSR count). The molecule has 4 aromatic rings. The number of rotatable bonds is 14. The zero-order valence-electron chi connectivity index (χ0n) is 31.3. The van der Waals surface area contributed by atoms with Gasteiger partial charge in [0, 0.05) is 39.6 Å². The number of carbonyl (C=O) groups excluding carboxylic acids is 2. The first kappa shape index (κ1) is 39.5. The summed E-state index contributed by atoms with van der Waals surface area (Å²) in [6.07, 6.45) is 5.16. The maximum absolute atomic E-state index is 12.9. The SMILES string of the molecule is COc1ccc(C(=O)C(C)=Cc2ccc(N(C)C)cc2)c(OC)c1OC.COc1ccc(C(=O)C=Cc2ccc(N(C)C)cc2)c(OC)c1OC. The number of ketones is 2. The van der Waals surface area contributed by atoms with Crippen molar-refractivity contribution in [1.29, 1.82) is 0 Å². The topological polar surface area (TPSA) is 96.0 Å². The van der Waals surface area contributed by atoms with Crippen molar-refractivity contribution in [2.45, 2.75) is 6.92 Å². The number of allylic oxidation sites excluding steroid dienone is 2. The molecule has 0 bridgehead atoms. The lowest BCUT2D eigenvalue weighted by molar-refractivity contribution is 0.102. The molecule has 0 unspecified atom stereocenters. The average Bonchev–Trinajstić information content (AvgIpc) is 3.15. The second-order valence-corrected chi connectivity index (χ2v) is 11.6. The molecular formula is C41H48N2O8. The normalized spacial score (nSPS) is 10.8. The van der Waals surface area contributed by atoms with Gasteiger partial charge < -0.3 is 38.2 Å². The lowest BCUT2D eigenvalue weighted by atomic mass is 10.0. The molecule has 270 valence electrons. The minimum Gasteiger partial charge on any atom is -0.493 e. The number of ether oxygens (including phenoxy) is 6. The highest BCUT2D eigenvalue weighted by Crippen LogP contribution is 2.41. The fourth-order valence-electron chi connectivity index (χ4n) is 5.12. The van der Waals surface area contributed by atoms with Gasteiger partial charge in [-0.3, -0.25) is 9.59 Å². The Kier molecular flexibility index (Phi) is 14.5. The van der Waals surface area contributed by atoms with Gasteiger partial charge in [0.2, 0.25) is 11.5 Å². The van der Waals surface area contributed by atoms with E-state index < -0.39 is 0 Å². The minimum atomic E-state index is -0.172. The smallest absolute Gasteiger partial charge is 0.204 e. The quantitative estimate of drug-likeness (QED) is 0.0963. The van der Waals surface area contributed by atoms with E-state index in [1.165, 1.54) is 41.6 Å². The summed E-state index contributed by atoms with van der Waals surface area (Å²) in [6.45, 7) is 1.79. The van der Waals surface area contributed by atoms with Crippen molar-refractivity contribution in [3.63, 3.8) is 0 Å². The number of methoxy groups -OCH3 is 6. The number of Topliss-reactive ketones (excluding diaryl/α,β-unsaturated/α-hetero) is 1. The molecule has 0 spiro atoms. The molecule has 0 aliphatic carbocycles. The van der Waals surface area contributed by atoms with E-state index in [2.05, 4.69) is 0 Å². The fourth-order valence-corrected chi connectivity index (χ4v) is 5.12. The predicted octanol–water partition coefficient (Wildman–Crippen LogP) is 7.74. The summed E-state index contributed by atoms with van der Waals surface area (Å²) < 4.78 is 31.9. The minimum absolute atomic E-state index is 0.125. The van der Waals surface area contributed by atoms with Crippen LogP contribution in [0.15, 0.2) is 84.4 Å².